The molecule has 2 aliphatic rings. The minimum absolute atomic E-state index is 0.117. The summed E-state index contributed by atoms with van der Waals surface area (Å²) >= 11 is 1.90. The normalized spacial score (nSPS) is 14.1. The second-order valence-electron chi connectivity index (χ2n) is 16.8. The van der Waals surface area contributed by atoms with Crippen molar-refractivity contribution < 1.29 is 0 Å². The molecule has 0 aliphatic heterocycles. The van der Waals surface area contributed by atoms with E-state index in [1.54, 1.807) is 0 Å². The lowest BCUT2D eigenvalue weighted by atomic mass is 9.67. The van der Waals surface area contributed by atoms with Crippen LogP contribution in [0.4, 0.5) is 17.1 Å². The van der Waals surface area contributed by atoms with Crippen LogP contribution in [0.3, 0.4) is 0 Å². The predicted octanol–water partition coefficient (Wildman–Crippen LogP) is 15.9. The van der Waals surface area contributed by atoms with E-state index in [2.05, 4.69) is 231 Å². The molecule has 0 N–H and O–H groups in total. The molecule has 0 unspecified atom stereocenters. The Morgan fingerprint density at radius 2 is 0.967 bits per heavy atom. The topological polar surface area (TPSA) is 3.24 Å². The third-order valence-electron chi connectivity index (χ3n) is 13.4. The fourth-order valence-electron chi connectivity index (χ4n) is 10.7. The Bertz CT molecular complexity index is 3240. The average Bonchev–Trinajstić information content (AvgIpc) is 3.92. The van der Waals surface area contributed by atoms with Crippen LogP contribution in [0.5, 0.6) is 0 Å². The molecule has 0 atom stereocenters. The highest BCUT2D eigenvalue weighted by molar-refractivity contribution is 7.26. The number of hydrogen-bond acceptors (Lipinski definition) is 2. The minimum atomic E-state index is -0.445. The van der Waals surface area contributed by atoms with Crippen molar-refractivity contribution in [2.45, 2.75) is 24.7 Å². The van der Waals surface area contributed by atoms with Crippen molar-refractivity contribution in [1.82, 2.24) is 0 Å². The van der Waals surface area contributed by atoms with Crippen LogP contribution in [0.15, 0.2) is 212 Å². The van der Waals surface area contributed by atoms with E-state index in [1.807, 2.05) is 11.3 Å². The van der Waals surface area contributed by atoms with Crippen molar-refractivity contribution in [2.24, 2.45) is 0 Å². The molecule has 1 heterocycles. The van der Waals surface area contributed by atoms with Gasteiger partial charge in [0, 0.05) is 36.8 Å². The summed E-state index contributed by atoms with van der Waals surface area (Å²) < 4.78 is 2.57. The van der Waals surface area contributed by atoms with Crippen LogP contribution in [-0.4, -0.2) is 0 Å². The van der Waals surface area contributed by atoms with E-state index < -0.39 is 5.41 Å². The van der Waals surface area contributed by atoms with Crippen molar-refractivity contribution >= 4 is 48.6 Å². The molecule has 0 spiro atoms. The maximum absolute atomic E-state index is 2.53. The zero-order chi connectivity index (χ0) is 40.0. The third kappa shape index (κ3) is 4.92. The van der Waals surface area contributed by atoms with Gasteiger partial charge in [-0.2, -0.15) is 0 Å². The van der Waals surface area contributed by atoms with Gasteiger partial charge in [-0.3, -0.25) is 0 Å². The number of nitrogens with zero attached hydrogens (tertiary/aromatic N) is 1. The van der Waals surface area contributed by atoms with Crippen LogP contribution >= 0.6 is 11.3 Å². The van der Waals surface area contributed by atoms with E-state index in [0.717, 1.165) is 5.69 Å². The Kier molecular flexibility index (Phi) is 7.73. The van der Waals surface area contributed by atoms with Gasteiger partial charge in [0.2, 0.25) is 0 Å². The minimum Gasteiger partial charge on any atom is -0.309 e. The van der Waals surface area contributed by atoms with Gasteiger partial charge < -0.3 is 4.90 Å². The molecule has 284 valence electrons. The summed E-state index contributed by atoms with van der Waals surface area (Å²) in [6.07, 6.45) is 0. The molecule has 60 heavy (non-hydrogen) atoms. The smallest absolute Gasteiger partial charge is 0.0714 e. The molecule has 1 aromatic heterocycles. The molecule has 2 heteroatoms. The summed E-state index contributed by atoms with van der Waals surface area (Å²) in [6, 6.07) is 79.1. The summed E-state index contributed by atoms with van der Waals surface area (Å²) in [5.74, 6) is 0. The molecule has 0 bridgehead atoms. The molecular formula is C58H41NS. The molecule has 0 fully saturated rings. The molecule has 0 saturated heterocycles. The van der Waals surface area contributed by atoms with E-state index in [4.69, 9.17) is 0 Å². The van der Waals surface area contributed by atoms with Gasteiger partial charge in [0.25, 0.3) is 0 Å². The standard InChI is InChI=1S/C58H41NS/c1-57(2)47-24-12-11-23-45(47)55-50(57)27-15-28-51(55)59(42-34-31-39(32-35-42)38-17-5-3-6-18-38)52-29-16-30-53-56(52)46-36-33-41(37-54(46)60-53)58(40-19-7-4-8-20-40)48-25-13-9-21-43(48)44-22-10-14-26-49(44)58/h3-37H,1-2H3. The van der Waals surface area contributed by atoms with Gasteiger partial charge in [-0.1, -0.05) is 190 Å². The average molecular weight is 784 g/mol. The van der Waals surface area contributed by atoms with Crippen molar-refractivity contribution in [3.63, 3.8) is 0 Å². The maximum Gasteiger partial charge on any atom is 0.0714 e. The quantitative estimate of drug-likeness (QED) is 0.162. The van der Waals surface area contributed by atoms with E-state index >= 15 is 0 Å². The van der Waals surface area contributed by atoms with Crippen LogP contribution in [0.1, 0.15) is 47.2 Å². The number of benzene rings is 9. The van der Waals surface area contributed by atoms with E-state index in [-0.39, 0.29) is 5.41 Å². The van der Waals surface area contributed by atoms with Crippen molar-refractivity contribution in [2.75, 3.05) is 4.90 Å². The van der Waals surface area contributed by atoms with Gasteiger partial charge in [0.1, 0.15) is 0 Å². The first-order chi connectivity index (χ1) is 29.5. The molecule has 0 amide bonds. The number of thiophene rings is 1. The zero-order valence-electron chi connectivity index (χ0n) is 33.6. The highest BCUT2D eigenvalue weighted by Crippen LogP contribution is 2.58. The van der Waals surface area contributed by atoms with Crippen LogP contribution in [0, 0.1) is 0 Å². The predicted molar refractivity (Wildman–Crippen MR) is 254 cm³/mol. The molecule has 0 radical (unpaired) electrons. The van der Waals surface area contributed by atoms with Crippen molar-refractivity contribution in [3.8, 4) is 33.4 Å². The Morgan fingerprint density at radius 1 is 0.400 bits per heavy atom. The first-order valence-electron chi connectivity index (χ1n) is 20.9. The Balaban J connectivity index is 1.10. The van der Waals surface area contributed by atoms with Gasteiger partial charge >= 0.3 is 0 Å². The van der Waals surface area contributed by atoms with Gasteiger partial charge in [-0.15, -0.1) is 11.3 Å². The fourth-order valence-corrected chi connectivity index (χ4v) is 11.9. The SMILES string of the molecule is CC1(C)c2ccccc2-c2c(N(c3ccc(-c4ccccc4)cc3)c3cccc4sc5cc(C6(c7ccccc7)c7ccccc7-c7ccccc76)ccc5c34)cccc21. The maximum atomic E-state index is 2.53. The first kappa shape index (κ1) is 35.0. The molecule has 1 nitrogen and oxygen atoms in total. The summed E-state index contributed by atoms with van der Waals surface area (Å²) in [5, 5.41) is 2.55. The second-order valence-corrected chi connectivity index (χ2v) is 17.9. The van der Waals surface area contributed by atoms with Crippen LogP contribution in [-0.2, 0) is 10.8 Å². The molecule has 2 aliphatic carbocycles. The van der Waals surface area contributed by atoms with Crippen molar-refractivity contribution in [1.29, 1.82) is 0 Å². The summed E-state index contributed by atoms with van der Waals surface area (Å²) in [4.78, 5) is 2.53. The fraction of sp³-hybridized carbons (Fsp3) is 0.0690. The Labute approximate surface area is 355 Å². The van der Waals surface area contributed by atoms with Gasteiger partial charge in [0.05, 0.1) is 16.8 Å². The highest BCUT2D eigenvalue weighted by Gasteiger charge is 2.46. The first-order valence-corrected chi connectivity index (χ1v) is 21.7. The Morgan fingerprint density at radius 3 is 1.68 bits per heavy atom. The van der Waals surface area contributed by atoms with Crippen LogP contribution in [0.25, 0.3) is 53.6 Å². The molecular weight excluding hydrogens is 743 g/mol. The lowest BCUT2D eigenvalue weighted by Crippen LogP contribution is -2.28. The second kappa shape index (κ2) is 13.3. The monoisotopic (exact) mass is 783 g/mol. The van der Waals surface area contributed by atoms with Crippen LogP contribution in [0.2, 0.25) is 0 Å². The Hall–Kier alpha value is -7.00. The summed E-state index contributed by atoms with van der Waals surface area (Å²) in [5.41, 5.74) is 18.6. The lowest BCUT2D eigenvalue weighted by molar-refractivity contribution is 0.660. The summed E-state index contributed by atoms with van der Waals surface area (Å²) in [6.45, 7) is 4.74. The highest BCUT2D eigenvalue weighted by atomic mass is 32.1. The summed E-state index contributed by atoms with van der Waals surface area (Å²) in [7, 11) is 0. The van der Waals surface area contributed by atoms with Gasteiger partial charge in [-0.25, -0.2) is 0 Å². The largest absolute Gasteiger partial charge is 0.309 e. The van der Waals surface area contributed by atoms with E-state index in [9.17, 15) is 0 Å². The third-order valence-corrected chi connectivity index (χ3v) is 14.5. The molecule has 0 saturated carbocycles. The van der Waals surface area contributed by atoms with E-state index in [0.29, 0.717) is 0 Å². The van der Waals surface area contributed by atoms with Crippen molar-refractivity contribution in [3.05, 3.63) is 246 Å². The molecule has 10 aromatic rings. The molecule has 12 rings (SSSR count). The molecule has 9 aromatic carbocycles. The number of anilines is 3. The van der Waals surface area contributed by atoms with Gasteiger partial charge in [0.15, 0.2) is 0 Å². The van der Waals surface area contributed by atoms with Crippen LogP contribution < -0.4 is 4.90 Å². The lowest BCUT2D eigenvalue weighted by Gasteiger charge is -2.34. The van der Waals surface area contributed by atoms with E-state index in [1.165, 1.54) is 98.3 Å². The number of rotatable bonds is 6. The number of hydrogen-bond donors (Lipinski definition) is 0. The zero-order valence-corrected chi connectivity index (χ0v) is 34.4. The van der Waals surface area contributed by atoms with Gasteiger partial charge in [-0.05, 0) is 97.6 Å². The number of fused-ring (bicyclic) bond motifs is 9.